The molecule has 1 aromatic rings. The van der Waals surface area contributed by atoms with Crippen LogP contribution in [0.15, 0.2) is 24.3 Å². The second kappa shape index (κ2) is 7.46. The van der Waals surface area contributed by atoms with E-state index >= 15 is 0 Å². The zero-order chi connectivity index (χ0) is 15.2. The molecule has 2 atom stereocenters. The van der Waals surface area contributed by atoms with Crippen LogP contribution in [0.3, 0.4) is 0 Å². The fraction of sp³-hybridized carbons (Fsp3) is 0.588. The molecule has 1 aliphatic rings. The monoisotopic (exact) mass is 290 g/mol. The molecular weight excluding hydrogens is 264 g/mol. The van der Waals surface area contributed by atoms with Crippen molar-refractivity contribution in [3.05, 3.63) is 29.8 Å². The number of nitrogens with one attached hydrogen (secondary N) is 1. The third kappa shape index (κ3) is 3.56. The van der Waals surface area contributed by atoms with Crippen molar-refractivity contribution < 1.29 is 9.53 Å². The molecule has 0 radical (unpaired) electrons. The van der Waals surface area contributed by atoms with Crippen LogP contribution in [0.25, 0.3) is 0 Å². The molecule has 1 heterocycles. The highest BCUT2D eigenvalue weighted by Crippen LogP contribution is 2.30. The Kier molecular flexibility index (Phi) is 5.62. The Labute approximate surface area is 127 Å². The normalized spacial score (nSPS) is 21.3. The summed E-state index contributed by atoms with van der Waals surface area (Å²) in [6, 6.07) is 8.61. The summed E-state index contributed by atoms with van der Waals surface area (Å²) >= 11 is 0. The Balaban J connectivity index is 2.12. The van der Waals surface area contributed by atoms with Gasteiger partial charge < -0.3 is 15.0 Å². The first-order valence-corrected chi connectivity index (χ1v) is 7.93. The van der Waals surface area contributed by atoms with Crippen molar-refractivity contribution in [1.82, 2.24) is 5.32 Å². The Morgan fingerprint density at radius 1 is 1.19 bits per heavy atom. The predicted octanol–water partition coefficient (Wildman–Crippen LogP) is 2.40. The number of rotatable bonds is 6. The number of anilines is 1. The van der Waals surface area contributed by atoms with E-state index in [0.29, 0.717) is 13.2 Å². The minimum atomic E-state index is -0.0830. The molecule has 1 aromatic carbocycles. The molecule has 1 saturated heterocycles. The molecule has 1 fully saturated rings. The van der Waals surface area contributed by atoms with Crippen LogP contribution in [0.5, 0.6) is 0 Å². The SMILES string of the molecule is CCOC(=O)[C@@H]1CNC[C@H]1c1ccc(N(CC)CC)cc1. The third-order valence-corrected chi connectivity index (χ3v) is 4.25. The minimum Gasteiger partial charge on any atom is -0.466 e. The van der Waals surface area contributed by atoms with Gasteiger partial charge >= 0.3 is 5.97 Å². The number of carbonyl (C=O) groups excluding carboxylic acids is 1. The lowest BCUT2D eigenvalue weighted by molar-refractivity contribution is -0.147. The molecule has 0 saturated carbocycles. The van der Waals surface area contributed by atoms with Crippen molar-refractivity contribution in [1.29, 1.82) is 0 Å². The highest BCUT2D eigenvalue weighted by atomic mass is 16.5. The van der Waals surface area contributed by atoms with Crippen LogP contribution in [-0.2, 0) is 9.53 Å². The fourth-order valence-corrected chi connectivity index (χ4v) is 3.05. The van der Waals surface area contributed by atoms with E-state index in [2.05, 4.69) is 48.3 Å². The summed E-state index contributed by atoms with van der Waals surface area (Å²) in [6.07, 6.45) is 0. The van der Waals surface area contributed by atoms with Crippen molar-refractivity contribution in [3.63, 3.8) is 0 Å². The van der Waals surface area contributed by atoms with Gasteiger partial charge in [0, 0.05) is 37.8 Å². The molecule has 0 spiro atoms. The number of benzene rings is 1. The average Bonchev–Trinajstić information content (AvgIpc) is 2.99. The highest BCUT2D eigenvalue weighted by molar-refractivity contribution is 5.74. The van der Waals surface area contributed by atoms with E-state index in [1.54, 1.807) is 0 Å². The van der Waals surface area contributed by atoms with Gasteiger partial charge in [-0.25, -0.2) is 0 Å². The largest absolute Gasteiger partial charge is 0.466 e. The minimum absolute atomic E-state index is 0.0655. The molecule has 1 aliphatic heterocycles. The Hall–Kier alpha value is -1.55. The molecule has 1 N–H and O–H groups in total. The van der Waals surface area contributed by atoms with Crippen molar-refractivity contribution >= 4 is 11.7 Å². The van der Waals surface area contributed by atoms with Crippen LogP contribution in [0, 0.1) is 5.92 Å². The Morgan fingerprint density at radius 2 is 1.86 bits per heavy atom. The van der Waals surface area contributed by atoms with E-state index in [0.717, 1.165) is 19.6 Å². The lowest BCUT2D eigenvalue weighted by atomic mass is 9.89. The second-order valence-electron chi connectivity index (χ2n) is 5.39. The van der Waals surface area contributed by atoms with Crippen molar-refractivity contribution in [2.45, 2.75) is 26.7 Å². The van der Waals surface area contributed by atoms with Gasteiger partial charge in [0.15, 0.2) is 0 Å². The molecule has 0 unspecified atom stereocenters. The topological polar surface area (TPSA) is 41.6 Å². The van der Waals surface area contributed by atoms with E-state index in [1.807, 2.05) is 6.92 Å². The summed E-state index contributed by atoms with van der Waals surface area (Å²) in [7, 11) is 0. The van der Waals surface area contributed by atoms with E-state index < -0.39 is 0 Å². The molecule has 0 aliphatic carbocycles. The highest BCUT2D eigenvalue weighted by Gasteiger charge is 2.34. The maximum atomic E-state index is 12.0. The molecule has 116 valence electrons. The lowest BCUT2D eigenvalue weighted by Gasteiger charge is -2.22. The van der Waals surface area contributed by atoms with E-state index in [-0.39, 0.29) is 17.8 Å². The number of hydrogen-bond donors (Lipinski definition) is 1. The predicted molar refractivity (Wildman–Crippen MR) is 85.7 cm³/mol. The number of nitrogens with zero attached hydrogens (tertiary/aromatic N) is 1. The quantitative estimate of drug-likeness (QED) is 0.817. The van der Waals surface area contributed by atoms with Gasteiger partial charge in [-0.1, -0.05) is 12.1 Å². The van der Waals surface area contributed by atoms with Gasteiger partial charge in [0.1, 0.15) is 0 Å². The van der Waals surface area contributed by atoms with Gasteiger partial charge in [0.05, 0.1) is 12.5 Å². The van der Waals surface area contributed by atoms with Gasteiger partial charge in [-0.2, -0.15) is 0 Å². The first kappa shape index (κ1) is 15.8. The zero-order valence-electron chi connectivity index (χ0n) is 13.3. The molecular formula is C17H26N2O2. The van der Waals surface area contributed by atoms with Gasteiger partial charge in [0.2, 0.25) is 0 Å². The average molecular weight is 290 g/mol. The standard InChI is InChI=1S/C17H26N2O2/c1-4-19(5-2)14-9-7-13(8-10-14)15-11-18-12-16(15)17(20)21-6-3/h7-10,15-16,18H,4-6,11-12H2,1-3H3/t15-,16+/m0/s1. The summed E-state index contributed by atoms with van der Waals surface area (Å²) in [5.74, 6) is 0.0689. The van der Waals surface area contributed by atoms with Gasteiger partial charge in [-0.15, -0.1) is 0 Å². The smallest absolute Gasteiger partial charge is 0.310 e. The summed E-state index contributed by atoms with van der Waals surface area (Å²) in [6.45, 7) is 10.2. The number of hydrogen-bond acceptors (Lipinski definition) is 4. The molecule has 0 amide bonds. The van der Waals surface area contributed by atoms with Gasteiger partial charge in [-0.3, -0.25) is 4.79 Å². The maximum Gasteiger partial charge on any atom is 0.310 e. The van der Waals surface area contributed by atoms with Crippen LogP contribution in [-0.4, -0.2) is 38.8 Å². The Morgan fingerprint density at radius 3 is 2.43 bits per heavy atom. The van der Waals surface area contributed by atoms with Gasteiger partial charge in [-0.05, 0) is 38.5 Å². The van der Waals surface area contributed by atoms with Crippen LogP contribution < -0.4 is 10.2 Å². The van der Waals surface area contributed by atoms with Crippen LogP contribution >= 0.6 is 0 Å². The first-order valence-electron chi connectivity index (χ1n) is 7.93. The molecule has 2 rings (SSSR count). The van der Waals surface area contributed by atoms with E-state index in [9.17, 15) is 4.79 Å². The second-order valence-corrected chi connectivity index (χ2v) is 5.39. The van der Waals surface area contributed by atoms with Crippen molar-refractivity contribution in [2.24, 2.45) is 5.92 Å². The molecule has 21 heavy (non-hydrogen) atoms. The van der Waals surface area contributed by atoms with E-state index in [1.165, 1.54) is 11.3 Å². The number of ether oxygens (including phenoxy) is 1. The number of carbonyl (C=O) groups is 1. The molecule has 0 aromatic heterocycles. The molecule has 0 bridgehead atoms. The maximum absolute atomic E-state index is 12.0. The van der Waals surface area contributed by atoms with Crippen molar-refractivity contribution in [3.8, 4) is 0 Å². The summed E-state index contributed by atoms with van der Waals surface area (Å²) in [4.78, 5) is 14.3. The van der Waals surface area contributed by atoms with E-state index in [4.69, 9.17) is 4.74 Å². The number of esters is 1. The lowest BCUT2D eigenvalue weighted by Crippen LogP contribution is -2.24. The van der Waals surface area contributed by atoms with Crippen LogP contribution in [0.2, 0.25) is 0 Å². The molecule has 4 nitrogen and oxygen atoms in total. The first-order chi connectivity index (χ1) is 10.2. The zero-order valence-corrected chi connectivity index (χ0v) is 13.3. The van der Waals surface area contributed by atoms with Crippen molar-refractivity contribution in [2.75, 3.05) is 37.7 Å². The summed E-state index contributed by atoms with van der Waals surface area (Å²) < 4.78 is 5.19. The van der Waals surface area contributed by atoms with Gasteiger partial charge in [0.25, 0.3) is 0 Å². The summed E-state index contributed by atoms with van der Waals surface area (Å²) in [5, 5.41) is 3.31. The fourth-order valence-electron chi connectivity index (χ4n) is 3.05. The molecule has 4 heteroatoms. The Bertz CT molecular complexity index is 454. The third-order valence-electron chi connectivity index (χ3n) is 4.25. The van der Waals surface area contributed by atoms with Crippen LogP contribution in [0.4, 0.5) is 5.69 Å². The summed E-state index contributed by atoms with van der Waals surface area (Å²) in [5.41, 5.74) is 2.45. The van der Waals surface area contributed by atoms with Crippen LogP contribution in [0.1, 0.15) is 32.3 Å².